The van der Waals surface area contributed by atoms with Crippen LogP contribution in [0, 0.1) is 0 Å². The quantitative estimate of drug-likeness (QED) is 0.493. The first-order chi connectivity index (χ1) is 6.18. The van der Waals surface area contributed by atoms with Crippen molar-refractivity contribution >= 4 is 31.9 Å². The molecular formula is C10H14Br2O. The van der Waals surface area contributed by atoms with Crippen LogP contribution >= 0.6 is 31.9 Å². The molecule has 0 aromatic heterocycles. The number of ether oxygens (including phenoxy) is 1. The van der Waals surface area contributed by atoms with Gasteiger partial charge < -0.3 is 4.74 Å². The maximum atomic E-state index is 6.09. The van der Waals surface area contributed by atoms with Crippen molar-refractivity contribution in [3.8, 4) is 0 Å². The molecular weight excluding hydrogens is 296 g/mol. The van der Waals surface area contributed by atoms with Crippen molar-refractivity contribution < 1.29 is 4.74 Å². The molecule has 1 saturated heterocycles. The van der Waals surface area contributed by atoms with E-state index in [0.717, 1.165) is 0 Å². The number of hydrogen-bond acceptors (Lipinski definition) is 1. The third-order valence-electron chi connectivity index (χ3n) is 4.03. The van der Waals surface area contributed by atoms with Crippen molar-refractivity contribution in [3.63, 3.8) is 0 Å². The minimum Gasteiger partial charge on any atom is -0.362 e. The Morgan fingerprint density at radius 3 is 1.85 bits per heavy atom. The van der Waals surface area contributed by atoms with Crippen molar-refractivity contribution in [2.45, 2.75) is 59.4 Å². The summed E-state index contributed by atoms with van der Waals surface area (Å²) in [5, 5.41) is 0. The number of epoxide rings is 1. The minimum absolute atomic E-state index is 0.295. The van der Waals surface area contributed by atoms with Crippen molar-refractivity contribution in [1.82, 2.24) is 0 Å². The smallest absolute Gasteiger partial charge is 0.0991 e. The Labute approximate surface area is 95.9 Å². The Hall–Kier alpha value is 0.920. The zero-order chi connectivity index (χ0) is 9.10. The summed E-state index contributed by atoms with van der Waals surface area (Å²) in [6.45, 7) is 0. The van der Waals surface area contributed by atoms with Gasteiger partial charge in [-0.05, 0) is 25.7 Å². The van der Waals surface area contributed by atoms with Crippen molar-refractivity contribution in [3.05, 3.63) is 0 Å². The van der Waals surface area contributed by atoms with Crippen molar-refractivity contribution in [2.75, 3.05) is 0 Å². The zero-order valence-electron chi connectivity index (χ0n) is 7.56. The Morgan fingerprint density at radius 2 is 1.38 bits per heavy atom. The highest BCUT2D eigenvalue weighted by atomic mass is 79.9. The molecule has 1 nitrogen and oxygen atoms in total. The number of alkyl halides is 2. The van der Waals surface area contributed by atoms with Gasteiger partial charge in [0.25, 0.3) is 0 Å². The summed E-state index contributed by atoms with van der Waals surface area (Å²) in [4.78, 5) is 1.22. The lowest BCUT2D eigenvalue weighted by atomic mass is 9.71. The first-order valence-electron chi connectivity index (χ1n) is 5.16. The number of hydrogen-bond donors (Lipinski definition) is 0. The van der Waals surface area contributed by atoms with E-state index in [1.807, 2.05) is 0 Å². The Balaban J connectivity index is 1.86. The van der Waals surface area contributed by atoms with Crippen molar-refractivity contribution in [2.24, 2.45) is 0 Å². The summed E-state index contributed by atoms with van der Waals surface area (Å²) < 4.78 is 6.09. The summed E-state index contributed by atoms with van der Waals surface area (Å²) in [7, 11) is 0. The van der Waals surface area contributed by atoms with E-state index >= 15 is 0 Å². The van der Waals surface area contributed by atoms with Crippen LogP contribution in [0.5, 0.6) is 0 Å². The molecule has 74 valence electrons. The van der Waals surface area contributed by atoms with Gasteiger partial charge in [0.15, 0.2) is 0 Å². The van der Waals surface area contributed by atoms with E-state index in [2.05, 4.69) is 31.9 Å². The molecule has 0 radical (unpaired) electrons. The monoisotopic (exact) mass is 308 g/mol. The molecule has 0 bridgehead atoms. The maximum Gasteiger partial charge on any atom is 0.0991 e. The van der Waals surface area contributed by atoms with Gasteiger partial charge in [-0.1, -0.05) is 44.7 Å². The van der Waals surface area contributed by atoms with Gasteiger partial charge in [-0.3, -0.25) is 0 Å². The molecule has 3 aliphatic rings. The van der Waals surface area contributed by atoms with Gasteiger partial charge in [0.1, 0.15) is 0 Å². The third kappa shape index (κ3) is 1.13. The van der Waals surface area contributed by atoms with Gasteiger partial charge in [-0.15, -0.1) is 0 Å². The van der Waals surface area contributed by atoms with Crippen LogP contribution in [0.2, 0.25) is 0 Å². The fourth-order valence-electron chi connectivity index (χ4n) is 3.27. The van der Waals surface area contributed by atoms with Crippen LogP contribution in [0.4, 0.5) is 0 Å². The van der Waals surface area contributed by atoms with Crippen LogP contribution < -0.4 is 0 Å². The molecule has 0 aromatic carbocycles. The second-order valence-corrected chi connectivity index (χ2v) is 7.09. The first-order valence-corrected chi connectivity index (χ1v) is 6.99. The number of rotatable bonds is 0. The molecule has 2 saturated carbocycles. The average molecular weight is 310 g/mol. The predicted octanol–water partition coefficient (Wildman–Crippen LogP) is 3.39. The van der Waals surface area contributed by atoms with E-state index in [-0.39, 0.29) is 0 Å². The lowest BCUT2D eigenvalue weighted by molar-refractivity contribution is 0.264. The van der Waals surface area contributed by atoms with Crippen LogP contribution in [-0.4, -0.2) is 20.9 Å². The fraction of sp³-hybridized carbons (Fsp3) is 1.00. The lowest BCUT2D eigenvalue weighted by Gasteiger charge is -2.34. The second kappa shape index (κ2) is 2.73. The molecule has 0 spiro atoms. The summed E-state index contributed by atoms with van der Waals surface area (Å²) in [6.07, 6.45) is 7.76. The first kappa shape index (κ1) is 9.17. The molecule has 2 aliphatic carbocycles. The van der Waals surface area contributed by atoms with Gasteiger partial charge >= 0.3 is 0 Å². The van der Waals surface area contributed by atoms with E-state index in [4.69, 9.17) is 4.74 Å². The van der Waals surface area contributed by atoms with Crippen LogP contribution in [0.25, 0.3) is 0 Å². The van der Waals surface area contributed by atoms with Crippen LogP contribution in [0.1, 0.15) is 38.5 Å². The van der Waals surface area contributed by atoms with Crippen LogP contribution in [0.15, 0.2) is 0 Å². The van der Waals surface area contributed by atoms with Gasteiger partial charge in [0.2, 0.25) is 0 Å². The molecule has 4 atom stereocenters. The third-order valence-corrected chi connectivity index (χ3v) is 6.67. The van der Waals surface area contributed by atoms with Crippen molar-refractivity contribution in [1.29, 1.82) is 0 Å². The molecule has 3 fully saturated rings. The highest BCUT2D eigenvalue weighted by Gasteiger charge is 2.72. The topological polar surface area (TPSA) is 12.5 Å². The molecule has 0 N–H and O–H groups in total. The molecule has 13 heavy (non-hydrogen) atoms. The summed E-state index contributed by atoms with van der Waals surface area (Å²) in [5.74, 6) is 0. The molecule has 1 heterocycles. The highest BCUT2D eigenvalue weighted by Crippen LogP contribution is 2.66. The van der Waals surface area contributed by atoms with E-state index in [1.54, 1.807) is 0 Å². The Morgan fingerprint density at radius 1 is 0.923 bits per heavy atom. The SMILES string of the molecule is BrC1CC23CCCCC2(CC1Br)O3. The van der Waals surface area contributed by atoms with Crippen LogP contribution in [0.3, 0.4) is 0 Å². The van der Waals surface area contributed by atoms with Gasteiger partial charge in [-0.2, -0.15) is 0 Å². The lowest BCUT2D eigenvalue weighted by Crippen LogP contribution is -2.41. The van der Waals surface area contributed by atoms with E-state index in [9.17, 15) is 0 Å². The Kier molecular flexibility index (Phi) is 1.93. The summed E-state index contributed by atoms with van der Waals surface area (Å²) >= 11 is 7.49. The summed E-state index contributed by atoms with van der Waals surface area (Å²) in [5.41, 5.74) is 0.591. The van der Waals surface area contributed by atoms with E-state index < -0.39 is 0 Å². The standard InChI is InChI=1S/C10H14Br2O/c11-7-5-9-3-1-2-4-10(9,13-9)6-8(7)12/h7-8H,1-6H2. The molecule has 1 aliphatic heterocycles. The van der Waals surface area contributed by atoms with Crippen LogP contribution in [-0.2, 0) is 4.74 Å². The van der Waals surface area contributed by atoms with Gasteiger partial charge in [0.05, 0.1) is 11.2 Å². The van der Waals surface area contributed by atoms with Gasteiger partial charge in [-0.25, -0.2) is 0 Å². The van der Waals surface area contributed by atoms with E-state index in [1.165, 1.54) is 38.5 Å². The molecule has 0 aromatic rings. The predicted molar refractivity (Wildman–Crippen MR) is 59.7 cm³/mol. The molecule has 3 rings (SSSR count). The average Bonchev–Trinajstić information content (AvgIpc) is 2.72. The molecule has 4 unspecified atom stereocenters. The normalized spacial score (nSPS) is 59.5. The zero-order valence-corrected chi connectivity index (χ0v) is 10.7. The Bertz CT molecular complexity index is 221. The fourth-order valence-corrected chi connectivity index (χ4v) is 4.69. The highest BCUT2D eigenvalue weighted by molar-refractivity contribution is 9.12. The van der Waals surface area contributed by atoms with E-state index in [0.29, 0.717) is 20.9 Å². The summed E-state index contributed by atoms with van der Waals surface area (Å²) in [6, 6.07) is 0. The molecule has 3 heteroatoms. The number of halogens is 2. The van der Waals surface area contributed by atoms with Gasteiger partial charge in [0, 0.05) is 9.65 Å². The second-order valence-electron chi connectivity index (χ2n) is 4.74. The maximum absolute atomic E-state index is 6.09. The molecule has 0 amide bonds. The minimum atomic E-state index is 0.295. The largest absolute Gasteiger partial charge is 0.362 e.